The number of carbonyl (C=O) groups is 3. The molecule has 7 unspecified atom stereocenters. The van der Waals surface area contributed by atoms with Gasteiger partial charge in [0, 0.05) is 38.5 Å². The van der Waals surface area contributed by atoms with Crippen LogP contribution < -0.4 is 16.0 Å². The summed E-state index contributed by atoms with van der Waals surface area (Å²) in [5, 5.41) is 8.92. The SMILES string of the molecule is CCCCCCC1(C)OC(CNC(=O)CCC(CNC(=O)C(Cc2ccccc2)N(C)CC(CCCC2CC2CC)C(C)C)C(=O)NC)C1(C)C. The van der Waals surface area contributed by atoms with Gasteiger partial charge in [0.2, 0.25) is 17.7 Å². The zero-order valence-corrected chi connectivity index (χ0v) is 33.8. The highest BCUT2D eigenvalue weighted by Gasteiger charge is 2.57. The molecule has 2 fully saturated rings. The normalized spacial score (nSPS) is 24.0. The number of hydrogen-bond donors (Lipinski definition) is 3. The third-order valence-corrected chi connectivity index (χ3v) is 12.7. The van der Waals surface area contributed by atoms with Crippen LogP contribution in [0, 0.1) is 35.0 Å². The fourth-order valence-electron chi connectivity index (χ4n) is 8.16. The van der Waals surface area contributed by atoms with Gasteiger partial charge in [-0.2, -0.15) is 0 Å². The molecule has 8 heteroatoms. The molecule has 0 radical (unpaired) electrons. The Hall–Kier alpha value is -2.45. The highest BCUT2D eigenvalue weighted by molar-refractivity contribution is 5.84. The molecule has 8 nitrogen and oxygen atoms in total. The Kier molecular flexibility index (Phi) is 17.4. The van der Waals surface area contributed by atoms with Crippen molar-refractivity contribution in [1.29, 1.82) is 0 Å². The van der Waals surface area contributed by atoms with E-state index in [2.05, 4.69) is 88.5 Å². The van der Waals surface area contributed by atoms with E-state index in [0.717, 1.165) is 36.8 Å². The summed E-state index contributed by atoms with van der Waals surface area (Å²) in [4.78, 5) is 42.0. The predicted octanol–water partition coefficient (Wildman–Crippen LogP) is 7.55. The minimum atomic E-state index is -0.507. The van der Waals surface area contributed by atoms with Gasteiger partial charge in [-0.05, 0) is 75.3 Å². The Balaban J connectivity index is 1.54. The van der Waals surface area contributed by atoms with Gasteiger partial charge in [-0.15, -0.1) is 0 Å². The molecule has 3 N–H and O–H groups in total. The Morgan fingerprint density at radius 2 is 1.67 bits per heavy atom. The molecule has 3 rings (SSSR count). The first-order valence-corrected chi connectivity index (χ1v) is 20.4. The van der Waals surface area contributed by atoms with Crippen molar-refractivity contribution in [3.63, 3.8) is 0 Å². The van der Waals surface area contributed by atoms with E-state index in [1.807, 2.05) is 18.2 Å². The van der Waals surface area contributed by atoms with Crippen LogP contribution in [0.5, 0.6) is 0 Å². The van der Waals surface area contributed by atoms with Crippen molar-refractivity contribution in [3.05, 3.63) is 35.9 Å². The predicted molar refractivity (Wildman–Crippen MR) is 209 cm³/mol. The van der Waals surface area contributed by atoms with E-state index in [-0.39, 0.29) is 53.8 Å². The molecule has 1 aromatic carbocycles. The average Bonchev–Trinajstić information content (AvgIpc) is 3.88. The number of nitrogens with zero attached hydrogens (tertiary/aromatic N) is 1. The van der Waals surface area contributed by atoms with Crippen LogP contribution in [0.1, 0.15) is 131 Å². The van der Waals surface area contributed by atoms with Gasteiger partial charge in [0.1, 0.15) is 0 Å². The van der Waals surface area contributed by atoms with Crippen LogP contribution in [0.15, 0.2) is 30.3 Å². The van der Waals surface area contributed by atoms with Gasteiger partial charge in [0.05, 0.1) is 23.7 Å². The number of carbonyl (C=O) groups excluding carboxylic acids is 3. The molecule has 0 spiro atoms. The third kappa shape index (κ3) is 12.9. The molecule has 1 saturated carbocycles. The van der Waals surface area contributed by atoms with Gasteiger partial charge in [-0.1, -0.05) is 117 Å². The van der Waals surface area contributed by atoms with Crippen molar-refractivity contribution in [2.24, 2.45) is 35.0 Å². The van der Waals surface area contributed by atoms with Crippen molar-refractivity contribution < 1.29 is 19.1 Å². The van der Waals surface area contributed by atoms with E-state index in [0.29, 0.717) is 31.2 Å². The first-order chi connectivity index (χ1) is 24.3. The molecule has 51 heavy (non-hydrogen) atoms. The van der Waals surface area contributed by atoms with Crippen molar-refractivity contribution in [2.75, 3.05) is 33.7 Å². The van der Waals surface area contributed by atoms with Gasteiger partial charge in [0.15, 0.2) is 0 Å². The molecule has 2 aliphatic rings. The van der Waals surface area contributed by atoms with Crippen LogP contribution >= 0.6 is 0 Å². The molecular formula is C43H74N4O4. The Bertz CT molecular complexity index is 1210. The number of hydrogen-bond acceptors (Lipinski definition) is 5. The maximum atomic E-state index is 13.9. The molecule has 1 heterocycles. The fraction of sp³-hybridized carbons (Fsp3) is 0.791. The Labute approximate surface area is 311 Å². The van der Waals surface area contributed by atoms with Gasteiger partial charge >= 0.3 is 0 Å². The maximum Gasteiger partial charge on any atom is 0.237 e. The van der Waals surface area contributed by atoms with Crippen molar-refractivity contribution in [3.8, 4) is 0 Å². The number of likely N-dealkylation sites (N-methyl/N-ethyl adjacent to an activating group) is 1. The molecule has 7 atom stereocenters. The summed E-state index contributed by atoms with van der Waals surface area (Å²) in [6.07, 6.45) is 13.5. The number of amides is 3. The van der Waals surface area contributed by atoms with Gasteiger partial charge in [0.25, 0.3) is 0 Å². The molecular weight excluding hydrogens is 636 g/mol. The number of nitrogens with one attached hydrogen (secondary N) is 3. The summed E-state index contributed by atoms with van der Waals surface area (Å²) in [6.45, 7) is 17.3. The minimum absolute atomic E-state index is 0.0328. The van der Waals surface area contributed by atoms with E-state index in [1.54, 1.807) is 7.05 Å². The van der Waals surface area contributed by atoms with Crippen LogP contribution in [0.4, 0.5) is 0 Å². The molecule has 1 saturated heterocycles. The summed E-state index contributed by atoms with van der Waals surface area (Å²) < 4.78 is 6.35. The summed E-state index contributed by atoms with van der Waals surface area (Å²) in [6, 6.07) is 9.81. The standard InChI is InChI=1S/C43H74N4O4/c1-10-12-13-17-25-43(7)42(5,6)38(51-43)29-45-39(48)24-23-35(40(49)44-8)28-46-41(50)37(26-32-19-15-14-16-20-32)47(9)30-36(31(3)4)22-18-21-34-27-33(34)11-2/h14-16,19-20,31,33-38H,10-13,17-18,21-30H2,1-9H3,(H,44,49)(H,45,48)(H,46,50). The van der Waals surface area contributed by atoms with Crippen LogP contribution in [-0.2, 0) is 25.5 Å². The van der Waals surface area contributed by atoms with Crippen molar-refractivity contribution >= 4 is 17.7 Å². The van der Waals surface area contributed by atoms with E-state index >= 15 is 0 Å². The van der Waals surface area contributed by atoms with Crippen LogP contribution in [0.2, 0.25) is 0 Å². The van der Waals surface area contributed by atoms with Crippen LogP contribution in [0.3, 0.4) is 0 Å². The summed E-state index contributed by atoms with van der Waals surface area (Å²) in [5.74, 6) is 2.04. The summed E-state index contributed by atoms with van der Waals surface area (Å²) >= 11 is 0. The molecule has 1 aliphatic carbocycles. The number of benzene rings is 1. The molecule has 0 bridgehead atoms. The van der Waals surface area contributed by atoms with E-state index in [1.165, 1.54) is 51.4 Å². The first-order valence-electron chi connectivity index (χ1n) is 20.4. The van der Waals surface area contributed by atoms with E-state index in [4.69, 9.17) is 4.74 Å². The van der Waals surface area contributed by atoms with Crippen molar-refractivity contribution in [2.45, 2.75) is 150 Å². The number of ether oxygens (including phenoxy) is 1. The Morgan fingerprint density at radius 3 is 2.27 bits per heavy atom. The molecule has 1 aromatic rings. The molecule has 0 aromatic heterocycles. The summed E-state index contributed by atoms with van der Waals surface area (Å²) in [7, 11) is 3.68. The minimum Gasteiger partial charge on any atom is -0.369 e. The first kappa shape index (κ1) is 43.0. The smallest absolute Gasteiger partial charge is 0.237 e. The fourth-order valence-corrected chi connectivity index (χ4v) is 8.16. The quantitative estimate of drug-likeness (QED) is 0.0911. The number of unbranched alkanes of at least 4 members (excludes halogenated alkanes) is 3. The van der Waals surface area contributed by atoms with E-state index < -0.39 is 5.92 Å². The molecule has 290 valence electrons. The second-order valence-corrected chi connectivity index (χ2v) is 17.0. The lowest BCUT2D eigenvalue weighted by Gasteiger charge is -2.60. The van der Waals surface area contributed by atoms with E-state index in [9.17, 15) is 14.4 Å². The van der Waals surface area contributed by atoms with Crippen LogP contribution in [0.25, 0.3) is 0 Å². The van der Waals surface area contributed by atoms with Gasteiger partial charge in [-0.25, -0.2) is 0 Å². The van der Waals surface area contributed by atoms with Crippen LogP contribution in [-0.4, -0.2) is 74.1 Å². The van der Waals surface area contributed by atoms with Crippen molar-refractivity contribution in [1.82, 2.24) is 20.9 Å². The molecule has 3 amide bonds. The lowest BCUT2D eigenvalue weighted by atomic mass is 9.64. The largest absolute Gasteiger partial charge is 0.369 e. The molecule has 1 aliphatic heterocycles. The zero-order valence-electron chi connectivity index (χ0n) is 33.8. The lowest BCUT2D eigenvalue weighted by molar-refractivity contribution is -0.299. The number of rotatable bonds is 25. The highest BCUT2D eigenvalue weighted by Crippen LogP contribution is 2.52. The third-order valence-electron chi connectivity index (χ3n) is 12.7. The Morgan fingerprint density at radius 1 is 0.941 bits per heavy atom. The summed E-state index contributed by atoms with van der Waals surface area (Å²) in [5.41, 5.74) is 0.907. The second-order valence-electron chi connectivity index (χ2n) is 17.0. The lowest BCUT2D eigenvalue weighted by Crippen LogP contribution is -2.67. The average molecular weight is 711 g/mol. The maximum absolute atomic E-state index is 13.9. The zero-order chi connectivity index (χ0) is 37.6. The van der Waals surface area contributed by atoms with Gasteiger partial charge in [-0.3, -0.25) is 19.3 Å². The highest BCUT2D eigenvalue weighted by atomic mass is 16.5. The monoisotopic (exact) mass is 711 g/mol. The topological polar surface area (TPSA) is 99.8 Å². The van der Waals surface area contributed by atoms with Gasteiger partial charge < -0.3 is 20.7 Å². The second kappa shape index (κ2) is 20.7.